The van der Waals surface area contributed by atoms with Crippen molar-refractivity contribution in [3.63, 3.8) is 0 Å². The molecule has 1 aromatic heterocycles. The first-order chi connectivity index (χ1) is 10.2. The number of fused-ring (bicyclic) bond motifs is 1. The van der Waals surface area contributed by atoms with Crippen LogP contribution in [0, 0.1) is 11.6 Å². The van der Waals surface area contributed by atoms with Crippen LogP contribution in [0.2, 0.25) is 0 Å². The minimum absolute atomic E-state index is 0.330. The van der Waals surface area contributed by atoms with Crippen molar-refractivity contribution in [1.29, 1.82) is 0 Å². The van der Waals surface area contributed by atoms with Crippen molar-refractivity contribution in [2.24, 2.45) is 0 Å². The van der Waals surface area contributed by atoms with Gasteiger partial charge in [-0.25, -0.2) is 13.8 Å². The van der Waals surface area contributed by atoms with Crippen molar-refractivity contribution in [3.8, 4) is 0 Å². The third kappa shape index (κ3) is 2.60. The zero-order valence-corrected chi connectivity index (χ0v) is 12.4. The molecular weight excluding hydrogens is 290 g/mol. The molecule has 0 amide bonds. The van der Waals surface area contributed by atoms with E-state index >= 15 is 0 Å². The second-order valence-corrected chi connectivity index (χ2v) is 6.93. The summed E-state index contributed by atoms with van der Waals surface area (Å²) in [7, 11) is 0. The topological polar surface area (TPSA) is 24.9 Å². The highest BCUT2D eigenvalue weighted by Crippen LogP contribution is 2.36. The molecule has 1 saturated carbocycles. The maximum absolute atomic E-state index is 14.1. The van der Waals surface area contributed by atoms with Gasteiger partial charge in [-0.05, 0) is 50.3 Å². The summed E-state index contributed by atoms with van der Waals surface area (Å²) < 4.78 is 27.7. The number of hydrogen-bond acceptors (Lipinski definition) is 3. The molecule has 0 saturated heterocycles. The van der Waals surface area contributed by atoms with Gasteiger partial charge < -0.3 is 5.32 Å². The van der Waals surface area contributed by atoms with Gasteiger partial charge in [-0.3, -0.25) is 0 Å². The standard InChI is InChI=1S/C16H16F2N2S/c17-9-4-7-12(18)11(8-9)15(19-10-5-6-10)16-20-13-2-1-3-14(13)21-16/h4,7-8,10,15,19H,1-3,5-6H2. The second kappa shape index (κ2) is 5.14. The average Bonchev–Trinajstić information content (AvgIpc) is 3.02. The summed E-state index contributed by atoms with van der Waals surface area (Å²) in [6.45, 7) is 0. The highest BCUT2D eigenvalue weighted by Gasteiger charge is 2.31. The van der Waals surface area contributed by atoms with E-state index in [0.717, 1.165) is 48.9 Å². The zero-order valence-electron chi connectivity index (χ0n) is 11.5. The number of aryl methyl sites for hydroxylation is 2. The fourth-order valence-electron chi connectivity index (χ4n) is 2.85. The van der Waals surface area contributed by atoms with Gasteiger partial charge in [0.05, 0.1) is 11.7 Å². The molecule has 1 N–H and O–H groups in total. The Labute approximate surface area is 126 Å². The van der Waals surface area contributed by atoms with Crippen LogP contribution in [0.1, 0.15) is 46.4 Å². The number of nitrogens with zero attached hydrogens (tertiary/aromatic N) is 1. The predicted molar refractivity (Wildman–Crippen MR) is 78.5 cm³/mol. The lowest BCUT2D eigenvalue weighted by atomic mass is 10.1. The number of halogens is 2. The maximum atomic E-state index is 14.1. The van der Waals surface area contributed by atoms with Crippen molar-refractivity contribution in [2.75, 3.05) is 0 Å². The molecule has 1 aromatic carbocycles. The fraction of sp³-hybridized carbons (Fsp3) is 0.438. The van der Waals surface area contributed by atoms with Gasteiger partial charge in [0.25, 0.3) is 0 Å². The van der Waals surface area contributed by atoms with Gasteiger partial charge in [0.1, 0.15) is 16.6 Å². The minimum Gasteiger partial charge on any atom is -0.301 e. The van der Waals surface area contributed by atoms with E-state index in [1.54, 1.807) is 11.3 Å². The third-order valence-electron chi connectivity index (χ3n) is 4.11. The van der Waals surface area contributed by atoms with E-state index in [-0.39, 0.29) is 11.9 Å². The van der Waals surface area contributed by atoms with Gasteiger partial charge in [0, 0.05) is 16.5 Å². The zero-order chi connectivity index (χ0) is 14.4. The van der Waals surface area contributed by atoms with Gasteiger partial charge in [0.2, 0.25) is 0 Å². The molecule has 4 rings (SSSR count). The lowest BCUT2D eigenvalue weighted by Gasteiger charge is -2.17. The number of benzene rings is 1. The molecule has 1 fully saturated rings. The highest BCUT2D eigenvalue weighted by atomic mass is 32.1. The lowest BCUT2D eigenvalue weighted by Crippen LogP contribution is -2.25. The molecule has 0 spiro atoms. The number of nitrogens with one attached hydrogen (secondary N) is 1. The summed E-state index contributed by atoms with van der Waals surface area (Å²) in [5, 5.41) is 4.29. The summed E-state index contributed by atoms with van der Waals surface area (Å²) in [4.78, 5) is 6.00. The van der Waals surface area contributed by atoms with Crippen LogP contribution in [0.15, 0.2) is 18.2 Å². The van der Waals surface area contributed by atoms with Crippen LogP contribution < -0.4 is 5.32 Å². The van der Waals surface area contributed by atoms with Crippen LogP contribution in [0.5, 0.6) is 0 Å². The normalized spacial score (nSPS) is 18.8. The van der Waals surface area contributed by atoms with E-state index in [2.05, 4.69) is 10.3 Å². The first-order valence-electron chi connectivity index (χ1n) is 7.40. The predicted octanol–water partition coefficient (Wildman–Crippen LogP) is 3.75. The van der Waals surface area contributed by atoms with Gasteiger partial charge >= 0.3 is 0 Å². The molecule has 0 aliphatic heterocycles. The van der Waals surface area contributed by atoms with Gasteiger partial charge in [0.15, 0.2) is 0 Å². The first kappa shape index (κ1) is 13.3. The molecule has 2 nitrogen and oxygen atoms in total. The molecule has 1 unspecified atom stereocenters. The summed E-state index contributed by atoms with van der Waals surface area (Å²) in [6.07, 6.45) is 5.42. The van der Waals surface area contributed by atoms with Crippen LogP contribution in [0.25, 0.3) is 0 Å². The number of aromatic nitrogens is 1. The summed E-state index contributed by atoms with van der Waals surface area (Å²) in [5.41, 5.74) is 1.52. The maximum Gasteiger partial charge on any atom is 0.128 e. The Morgan fingerprint density at radius 2 is 2.10 bits per heavy atom. The summed E-state index contributed by atoms with van der Waals surface area (Å²) >= 11 is 1.65. The van der Waals surface area contributed by atoms with E-state index in [4.69, 9.17) is 0 Å². The molecule has 2 aromatic rings. The van der Waals surface area contributed by atoms with Crippen LogP contribution >= 0.6 is 11.3 Å². The number of hydrogen-bond donors (Lipinski definition) is 1. The van der Waals surface area contributed by atoms with E-state index < -0.39 is 5.82 Å². The highest BCUT2D eigenvalue weighted by molar-refractivity contribution is 7.11. The van der Waals surface area contributed by atoms with Crippen LogP contribution in [0.3, 0.4) is 0 Å². The number of rotatable bonds is 4. The second-order valence-electron chi connectivity index (χ2n) is 5.82. The molecule has 2 aliphatic rings. The largest absolute Gasteiger partial charge is 0.301 e. The quantitative estimate of drug-likeness (QED) is 0.930. The van der Waals surface area contributed by atoms with E-state index in [0.29, 0.717) is 11.6 Å². The first-order valence-corrected chi connectivity index (χ1v) is 8.22. The Morgan fingerprint density at radius 3 is 2.86 bits per heavy atom. The van der Waals surface area contributed by atoms with Crippen molar-refractivity contribution in [3.05, 3.63) is 51.0 Å². The van der Waals surface area contributed by atoms with Crippen LogP contribution in [0.4, 0.5) is 8.78 Å². The summed E-state index contributed by atoms with van der Waals surface area (Å²) in [5.74, 6) is -0.775. The van der Waals surface area contributed by atoms with Crippen molar-refractivity contribution in [1.82, 2.24) is 10.3 Å². The molecule has 1 heterocycles. The molecular formula is C16H16F2N2S. The van der Waals surface area contributed by atoms with E-state index in [1.165, 1.54) is 17.0 Å². The molecule has 0 bridgehead atoms. The van der Waals surface area contributed by atoms with Gasteiger partial charge in [-0.1, -0.05) is 0 Å². The van der Waals surface area contributed by atoms with Crippen molar-refractivity contribution in [2.45, 2.75) is 44.2 Å². The molecule has 110 valence electrons. The fourth-order valence-corrected chi connectivity index (χ4v) is 4.08. The molecule has 2 aliphatic carbocycles. The molecule has 21 heavy (non-hydrogen) atoms. The van der Waals surface area contributed by atoms with Crippen LogP contribution in [-0.4, -0.2) is 11.0 Å². The number of thiazole rings is 1. The van der Waals surface area contributed by atoms with E-state index in [1.807, 2.05) is 0 Å². The Morgan fingerprint density at radius 1 is 1.24 bits per heavy atom. The Balaban J connectivity index is 1.74. The Hall–Kier alpha value is -1.33. The van der Waals surface area contributed by atoms with Crippen molar-refractivity contribution >= 4 is 11.3 Å². The van der Waals surface area contributed by atoms with E-state index in [9.17, 15) is 8.78 Å². The smallest absolute Gasteiger partial charge is 0.128 e. The lowest BCUT2D eigenvalue weighted by molar-refractivity contribution is 0.532. The Bertz CT molecular complexity index is 657. The van der Waals surface area contributed by atoms with Crippen molar-refractivity contribution < 1.29 is 8.78 Å². The SMILES string of the molecule is Fc1ccc(F)c(C(NC2CC2)c2nc3c(s2)CCC3)c1. The Kier molecular flexibility index (Phi) is 3.27. The molecule has 1 atom stereocenters. The third-order valence-corrected chi connectivity index (χ3v) is 5.33. The van der Waals surface area contributed by atoms with Gasteiger partial charge in [-0.2, -0.15) is 0 Å². The van der Waals surface area contributed by atoms with Crippen LogP contribution in [-0.2, 0) is 12.8 Å². The minimum atomic E-state index is -0.405. The monoisotopic (exact) mass is 306 g/mol. The van der Waals surface area contributed by atoms with Gasteiger partial charge in [-0.15, -0.1) is 11.3 Å². The summed E-state index contributed by atoms with van der Waals surface area (Å²) in [6, 6.07) is 3.73. The molecule has 5 heteroatoms. The molecule has 0 radical (unpaired) electrons. The average molecular weight is 306 g/mol.